The second kappa shape index (κ2) is 9.49. The van der Waals surface area contributed by atoms with Crippen LogP contribution in [0.1, 0.15) is 17.3 Å². The van der Waals surface area contributed by atoms with E-state index in [9.17, 15) is 14.7 Å². The molecule has 0 saturated heterocycles. The summed E-state index contributed by atoms with van der Waals surface area (Å²) in [5.41, 5.74) is 2.56. The number of rotatable bonds is 7. The number of hydrogen-bond donors (Lipinski definition) is 2. The van der Waals surface area contributed by atoms with Gasteiger partial charge in [-0.15, -0.1) is 10.2 Å². The lowest BCUT2D eigenvalue weighted by Gasteiger charge is -2.11. The maximum Gasteiger partial charge on any atom is 0.234 e. The topological polar surface area (TPSA) is 97.1 Å². The number of amides is 1. The SMILES string of the molecule is CC(=O)c1ccc(NC(=O)CSc2nnc(-c3ccccc3O)n2-c2ccccc2)cc1. The molecule has 0 fully saturated rings. The first-order valence-electron chi connectivity index (χ1n) is 9.86. The molecule has 1 amide bonds. The van der Waals surface area contributed by atoms with Gasteiger partial charge in [0.05, 0.1) is 11.3 Å². The Kier molecular flexibility index (Phi) is 6.32. The standard InChI is InChI=1S/C24H20N4O3S/c1-16(29)17-11-13-18(14-12-17)25-22(31)15-32-24-27-26-23(20-9-5-6-10-21(20)30)28(24)19-7-3-2-4-8-19/h2-14,30H,15H2,1H3,(H,25,31). The first kappa shape index (κ1) is 21.3. The number of thioether (sulfide) groups is 1. The van der Waals surface area contributed by atoms with E-state index in [2.05, 4.69) is 15.5 Å². The van der Waals surface area contributed by atoms with Gasteiger partial charge in [-0.05, 0) is 55.5 Å². The Morgan fingerprint density at radius 3 is 2.31 bits per heavy atom. The van der Waals surface area contributed by atoms with Crippen molar-refractivity contribution in [3.63, 3.8) is 0 Å². The average molecular weight is 445 g/mol. The van der Waals surface area contributed by atoms with E-state index in [1.54, 1.807) is 42.5 Å². The predicted molar refractivity (Wildman–Crippen MR) is 124 cm³/mol. The number of phenolic OH excluding ortho intramolecular Hbond substituents is 1. The second-order valence-electron chi connectivity index (χ2n) is 6.96. The summed E-state index contributed by atoms with van der Waals surface area (Å²) < 4.78 is 1.81. The maximum absolute atomic E-state index is 12.5. The summed E-state index contributed by atoms with van der Waals surface area (Å²) in [4.78, 5) is 23.9. The first-order chi connectivity index (χ1) is 15.5. The van der Waals surface area contributed by atoms with Crippen molar-refractivity contribution in [1.82, 2.24) is 14.8 Å². The van der Waals surface area contributed by atoms with E-state index < -0.39 is 0 Å². The number of ketones is 1. The van der Waals surface area contributed by atoms with Crippen LogP contribution in [-0.4, -0.2) is 37.3 Å². The van der Waals surface area contributed by atoms with E-state index in [-0.39, 0.29) is 23.2 Å². The highest BCUT2D eigenvalue weighted by Gasteiger charge is 2.19. The zero-order valence-corrected chi connectivity index (χ0v) is 18.0. The number of aromatic nitrogens is 3. The van der Waals surface area contributed by atoms with Crippen molar-refractivity contribution in [2.45, 2.75) is 12.1 Å². The molecule has 4 aromatic rings. The number of Topliss-reactive ketones (excluding diaryl/α,β-unsaturated/α-hetero) is 1. The van der Waals surface area contributed by atoms with Crippen LogP contribution in [-0.2, 0) is 4.79 Å². The van der Waals surface area contributed by atoms with Crippen LogP contribution in [0.4, 0.5) is 5.69 Å². The van der Waals surface area contributed by atoms with Gasteiger partial charge < -0.3 is 10.4 Å². The Hall–Kier alpha value is -3.91. The van der Waals surface area contributed by atoms with Gasteiger partial charge in [-0.3, -0.25) is 14.2 Å². The number of nitrogens with one attached hydrogen (secondary N) is 1. The Balaban J connectivity index is 1.55. The van der Waals surface area contributed by atoms with Gasteiger partial charge in [0.15, 0.2) is 16.8 Å². The molecule has 8 heteroatoms. The fraction of sp³-hybridized carbons (Fsp3) is 0.0833. The normalized spacial score (nSPS) is 10.7. The molecule has 2 N–H and O–H groups in total. The number of carbonyl (C=O) groups is 2. The number of benzene rings is 3. The number of phenols is 1. The summed E-state index contributed by atoms with van der Waals surface area (Å²) in [6.45, 7) is 1.50. The minimum Gasteiger partial charge on any atom is -0.507 e. The average Bonchev–Trinajstić information content (AvgIpc) is 3.22. The summed E-state index contributed by atoms with van der Waals surface area (Å²) in [7, 11) is 0. The molecule has 4 rings (SSSR count). The number of anilines is 1. The van der Waals surface area contributed by atoms with E-state index >= 15 is 0 Å². The highest BCUT2D eigenvalue weighted by atomic mass is 32.2. The quantitative estimate of drug-likeness (QED) is 0.320. The molecular formula is C24H20N4O3S. The van der Waals surface area contributed by atoms with Crippen molar-refractivity contribution in [2.24, 2.45) is 0 Å². The predicted octanol–water partition coefficient (Wildman–Crippen LogP) is 4.57. The third-order valence-electron chi connectivity index (χ3n) is 4.70. The molecule has 0 aliphatic heterocycles. The van der Waals surface area contributed by atoms with E-state index in [1.807, 2.05) is 41.0 Å². The van der Waals surface area contributed by atoms with Crippen molar-refractivity contribution in [3.05, 3.63) is 84.4 Å². The zero-order chi connectivity index (χ0) is 22.5. The van der Waals surface area contributed by atoms with E-state index in [1.165, 1.54) is 18.7 Å². The van der Waals surface area contributed by atoms with E-state index in [4.69, 9.17) is 0 Å². The van der Waals surface area contributed by atoms with Crippen LogP contribution < -0.4 is 5.32 Å². The molecule has 1 heterocycles. The molecule has 0 aliphatic rings. The van der Waals surface area contributed by atoms with Crippen LogP contribution in [0.3, 0.4) is 0 Å². The van der Waals surface area contributed by atoms with Gasteiger partial charge in [-0.25, -0.2) is 0 Å². The summed E-state index contributed by atoms with van der Waals surface area (Å²) in [6.07, 6.45) is 0. The van der Waals surface area contributed by atoms with Gasteiger partial charge in [0.1, 0.15) is 5.75 Å². The van der Waals surface area contributed by atoms with Crippen molar-refractivity contribution in [3.8, 4) is 22.8 Å². The van der Waals surface area contributed by atoms with Gasteiger partial charge in [0, 0.05) is 16.9 Å². The number of nitrogens with zero attached hydrogens (tertiary/aromatic N) is 3. The van der Waals surface area contributed by atoms with E-state index in [0.717, 1.165) is 5.69 Å². The van der Waals surface area contributed by atoms with Crippen molar-refractivity contribution in [2.75, 3.05) is 11.1 Å². The highest BCUT2D eigenvalue weighted by molar-refractivity contribution is 7.99. The largest absolute Gasteiger partial charge is 0.507 e. The van der Waals surface area contributed by atoms with Crippen LogP contribution in [0.5, 0.6) is 5.75 Å². The molecule has 3 aromatic carbocycles. The molecule has 1 aromatic heterocycles. The monoisotopic (exact) mass is 444 g/mol. The minimum absolute atomic E-state index is 0.0288. The maximum atomic E-state index is 12.5. The molecule has 160 valence electrons. The Bertz CT molecular complexity index is 1250. The van der Waals surface area contributed by atoms with Gasteiger partial charge in [0.25, 0.3) is 0 Å². The molecule has 7 nitrogen and oxygen atoms in total. The van der Waals surface area contributed by atoms with Crippen molar-refractivity contribution < 1.29 is 14.7 Å². The van der Waals surface area contributed by atoms with Gasteiger partial charge in [-0.2, -0.15) is 0 Å². The molecular weight excluding hydrogens is 424 g/mol. The highest BCUT2D eigenvalue weighted by Crippen LogP contribution is 2.32. The molecule has 0 unspecified atom stereocenters. The number of hydrogen-bond acceptors (Lipinski definition) is 6. The number of carbonyl (C=O) groups excluding carboxylic acids is 2. The third kappa shape index (κ3) is 4.70. The fourth-order valence-electron chi connectivity index (χ4n) is 3.13. The number of para-hydroxylation sites is 2. The van der Waals surface area contributed by atoms with Crippen LogP contribution in [0, 0.1) is 0 Å². The van der Waals surface area contributed by atoms with Crippen molar-refractivity contribution in [1.29, 1.82) is 0 Å². The Morgan fingerprint density at radius 1 is 0.938 bits per heavy atom. The number of aromatic hydroxyl groups is 1. The van der Waals surface area contributed by atoms with Crippen LogP contribution >= 0.6 is 11.8 Å². The molecule has 0 bridgehead atoms. The van der Waals surface area contributed by atoms with Crippen LogP contribution in [0.25, 0.3) is 17.1 Å². The summed E-state index contributed by atoms with van der Waals surface area (Å²) in [6, 6.07) is 23.2. The lowest BCUT2D eigenvalue weighted by molar-refractivity contribution is -0.113. The Morgan fingerprint density at radius 2 is 1.62 bits per heavy atom. The molecule has 0 atom stereocenters. The molecule has 0 aliphatic carbocycles. The second-order valence-corrected chi connectivity index (χ2v) is 7.91. The molecule has 32 heavy (non-hydrogen) atoms. The lowest BCUT2D eigenvalue weighted by atomic mass is 10.1. The zero-order valence-electron chi connectivity index (χ0n) is 17.2. The van der Waals surface area contributed by atoms with E-state index in [0.29, 0.717) is 27.8 Å². The Labute approximate surface area is 189 Å². The minimum atomic E-state index is -0.211. The fourth-order valence-corrected chi connectivity index (χ4v) is 3.88. The summed E-state index contributed by atoms with van der Waals surface area (Å²) >= 11 is 1.24. The molecule has 0 radical (unpaired) electrons. The van der Waals surface area contributed by atoms with Crippen LogP contribution in [0.2, 0.25) is 0 Å². The van der Waals surface area contributed by atoms with Gasteiger partial charge in [-0.1, -0.05) is 42.1 Å². The van der Waals surface area contributed by atoms with Gasteiger partial charge in [0.2, 0.25) is 5.91 Å². The summed E-state index contributed by atoms with van der Waals surface area (Å²) in [5.74, 6) is 0.453. The molecule has 0 spiro atoms. The third-order valence-corrected chi connectivity index (χ3v) is 5.63. The smallest absolute Gasteiger partial charge is 0.234 e. The first-order valence-corrected chi connectivity index (χ1v) is 10.8. The van der Waals surface area contributed by atoms with Crippen LogP contribution in [0.15, 0.2) is 84.0 Å². The molecule has 0 saturated carbocycles. The lowest BCUT2D eigenvalue weighted by Crippen LogP contribution is -2.14. The van der Waals surface area contributed by atoms with Crippen molar-refractivity contribution >= 4 is 29.1 Å². The summed E-state index contributed by atoms with van der Waals surface area (Å²) in [5, 5.41) is 22.2. The van der Waals surface area contributed by atoms with Gasteiger partial charge >= 0.3 is 0 Å².